The Morgan fingerprint density at radius 3 is 2.84 bits per heavy atom. The summed E-state index contributed by atoms with van der Waals surface area (Å²) in [4.78, 5) is 13.4. The van der Waals surface area contributed by atoms with Gasteiger partial charge in [-0.05, 0) is 28.1 Å². The van der Waals surface area contributed by atoms with Crippen LogP contribution in [-0.2, 0) is 0 Å². The van der Waals surface area contributed by atoms with E-state index in [2.05, 4.69) is 21.1 Å². The quantitative estimate of drug-likeness (QED) is 0.383. The van der Waals surface area contributed by atoms with Gasteiger partial charge in [0.2, 0.25) is 0 Å². The topological polar surface area (TPSA) is 78.9 Å². The second kappa shape index (κ2) is 6.51. The van der Waals surface area contributed by atoms with Crippen LogP contribution in [0.5, 0.6) is 0 Å². The predicted octanol–water partition coefficient (Wildman–Crippen LogP) is 2.04. The standard InChI is InChI=1S/C12H15BrFN3O2/c1-7(11(15)16-19)6-17(2)12(18)8-4-3-5-9(13)10(8)14/h3-5,7,19H,6H2,1-2H3,(H2,15,16). The average Bonchev–Trinajstić information content (AvgIpc) is 2.39. The lowest BCUT2D eigenvalue weighted by atomic mass is 10.1. The van der Waals surface area contributed by atoms with Crippen LogP contribution in [0.1, 0.15) is 17.3 Å². The van der Waals surface area contributed by atoms with Crippen LogP contribution in [0.2, 0.25) is 0 Å². The van der Waals surface area contributed by atoms with Crippen LogP contribution in [0.25, 0.3) is 0 Å². The van der Waals surface area contributed by atoms with E-state index < -0.39 is 11.7 Å². The lowest BCUT2D eigenvalue weighted by Crippen LogP contribution is -2.36. The summed E-state index contributed by atoms with van der Waals surface area (Å²) >= 11 is 3.03. The number of nitrogens with two attached hydrogens (primary N) is 1. The van der Waals surface area contributed by atoms with Crippen molar-refractivity contribution < 1.29 is 14.4 Å². The molecule has 1 aromatic carbocycles. The van der Waals surface area contributed by atoms with Gasteiger partial charge in [-0.1, -0.05) is 18.1 Å². The van der Waals surface area contributed by atoms with Gasteiger partial charge in [0.15, 0.2) is 0 Å². The van der Waals surface area contributed by atoms with Gasteiger partial charge in [0.05, 0.1) is 10.0 Å². The first-order valence-electron chi connectivity index (χ1n) is 5.55. The molecule has 0 aromatic heterocycles. The zero-order valence-corrected chi connectivity index (χ0v) is 12.2. The highest BCUT2D eigenvalue weighted by Gasteiger charge is 2.20. The molecule has 0 radical (unpaired) electrons. The van der Waals surface area contributed by atoms with E-state index in [-0.39, 0.29) is 28.3 Å². The molecule has 0 bridgehead atoms. The fourth-order valence-electron chi connectivity index (χ4n) is 1.56. The number of oxime groups is 1. The Kier molecular flexibility index (Phi) is 5.29. The molecule has 1 amide bonds. The summed E-state index contributed by atoms with van der Waals surface area (Å²) < 4.78 is 14.0. The fraction of sp³-hybridized carbons (Fsp3) is 0.333. The van der Waals surface area contributed by atoms with Crippen molar-refractivity contribution >= 4 is 27.7 Å². The van der Waals surface area contributed by atoms with E-state index in [1.807, 2.05) is 0 Å². The van der Waals surface area contributed by atoms with Gasteiger partial charge in [-0.2, -0.15) is 0 Å². The third-order valence-corrected chi connectivity index (χ3v) is 3.31. The molecule has 0 saturated carbocycles. The average molecular weight is 332 g/mol. The first-order chi connectivity index (χ1) is 8.88. The third-order valence-electron chi connectivity index (χ3n) is 2.70. The summed E-state index contributed by atoms with van der Waals surface area (Å²) in [5.41, 5.74) is 5.41. The molecule has 19 heavy (non-hydrogen) atoms. The maximum absolute atomic E-state index is 13.8. The number of rotatable bonds is 4. The molecule has 1 aromatic rings. The number of amides is 1. The Morgan fingerprint density at radius 1 is 1.63 bits per heavy atom. The van der Waals surface area contributed by atoms with Crippen LogP contribution in [0.4, 0.5) is 4.39 Å². The molecule has 104 valence electrons. The summed E-state index contributed by atoms with van der Waals surface area (Å²) in [5, 5.41) is 11.4. The predicted molar refractivity (Wildman–Crippen MR) is 73.6 cm³/mol. The molecule has 5 nitrogen and oxygen atoms in total. The van der Waals surface area contributed by atoms with Crippen molar-refractivity contribution in [1.29, 1.82) is 0 Å². The first-order valence-corrected chi connectivity index (χ1v) is 6.34. The Morgan fingerprint density at radius 2 is 2.26 bits per heavy atom. The SMILES string of the molecule is CC(CN(C)C(=O)c1cccc(Br)c1F)/C(N)=N/O. The summed E-state index contributed by atoms with van der Waals surface area (Å²) in [7, 11) is 1.53. The Bertz CT molecular complexity index is 508. The van der Waals surface area contributed by atoms with Crippen molar-refractivity contribution in [2.24, 2.45) is 16.8 Å². The normalized spacial score (nSPS) is 13.2. The second-order valence-corrected chi connectivity index (χ2v) is 5.07. The van der Waals surface area contributed by atoms with Crippen molar-refractivity contribution in [3.63, 3.8) is 0 Å². The molecular weight excluding hydrogens is 317 g/mol. The highest BCUT2D eigenvalue weighted by atomic mass is 79.9. The Balaban J connectivity index is 2.86. The molecule has 0 heterocycles. The minimum Gasteiger partial charge on any atom is -0.409 e. The van der Waals surface area contributed by atoms with E-state index in [9.17, 15) is 9.18 Å². The fourth-order valence-corrected chi connectivity index (χ4v) is 1.93. The zero-order valence-electron chi connectivity index (χ0n) is 10.6. The van der Waals surface area contributed by atoms with Gasteiger partial charge in [-0.15, -0.1) is 0 Å². The molecule has 0 aliphatic rings. The van der Waals surface area contributed by atoms with Gasteiger partial charge in [-0.25, -0.2) is 4.39 Å². The van der Waals surface area contributed by atoms with Crippen LogP contribution in [0.3, 0.4) is 0 Å². The van der Waals surface area contributed by atoms with Crippen LogP contribution in [-0.4, -0.2) is 35.4 Å². The van der Waals surface area contributed by atoms with Gasteiger partial charge >= 0.3 is 0 Å². The van der Waals surface area contributed by atoms with Crippen molar-refractivity contribution in [3.8, 4) is 0 Å². The molecular formula is C12H15BrFN3O2. The maximum Gasteiger partial charge on any atom is 0.256 e. The van der Waals surface area contributed by atoms with E-state index in [1.165, 1.54) is 24.1 Å². The number of hydrogen-bond acceptors (Lipinski definition) is 3. The van der Waals surface area contributed by atoms with Crippen LogP contribution >= 0.6 is 15.9 Å². The van der Waals surface area contributed by atoms with E-state index >= 15 is 0 Å². The molecule has 3 N–H and O–H groups in total. The maximum atomic E-state index is 13.8. The van der Waals surface area contributed by atoms with E-state index in [4.69, 9.17) is 10.9 Å². The zero-order chi connectivity index (χ0) is 14.6. The van der Waals surface area contributed by atoms with Gasteiger partial charge < -0.3 is 15.8 Å². The highest BCUT2D eigenvalue weighted by Crippen LogP contribution is 2.19. The van der Waals surface area contributed by atoms with E-state index in [1.54, 1.807) is 13.0 Å². The van der Waals surface area contributed by atoms with Crippen molar-refractivity contribution in [2.75, 3.05) is 13.6 Å². The lowest BCUT2D eigenvalue weighted by Gasteiger charge is -2.21. The number of hydrogen-bond donors (Lipinski definition) is 2. The molecule has 0 spiro atoms. The monoisotopic (exact) mass is 331 g/mol. The second-order valence-electron chi connectivity index (χ2n) is 4.21. The summed E-state index contributed by atoms with van der Waals surface area (Å²) in [6.07, 6.45) is 0. The number of nitrogens with zero attached hydrogens (tertiary/aromatic N) is 2. The van der Waals surface area contributed by atoms with Gasteiger partial charge in [-0.3, -0.25) is 4.79 Å². The molecule has 7 heteroatoms. The van der Waals surface area contributed by atoms with Gasteiger partial charge in [0.25, 0.3) is 5.91 Å². The smallest absolute Gasteiger partial charge is 0.256 e. The van der Waals surface area contributed by atoms with E-state index in [0.29, 0.717) is 0 Å². The third kappa shape index (κ3) is 3.66. The summed E-state index contributed by atoms with van der Waals surface area (Å²) in [5.74, 6) is -1.37. The number of amidine groups is 1. The largest absolute Gasteiger partial charge is 0.409 e. The minimum absolute atomic E-state index is 0.0226. The molecule has 1 atom stereocenters. The summed E-state index contributed by atoms with van der Waals surface area (Å²) in [6.45, 7) is 1.93. The van der Waals surface area contributed by atoms with Crippen LogP contribution in [0.15, 0.2) is 27.8 Å². The molecule has 0 fully saturated rings. The molecule has 0 aliphatic heterocycles. The lowest BCUT2D eigenvalue weighted by molar-refractivity contribution is 0.0781. The van der Waals surface area contributed by atoms with Gasteiger partial charge in [0, 0.05) is 19.5 Å². The number of carbonyl (C=O) groups is 1. The minimum atomic E-state index is -0.601. The number of benzene rings is 1. The van der Waals surface area contributed by atoms with E-state index in [0.717, 1.165) is 0 Å². The first kappa shape index (κ1) is 15.4. The molecule has 0 aliphatic carbocycles. The Labute approximate surface area is 119 Å². The number of carbonyl (C=O) groups excluding carboxylic acids is 1. The molecule has 1 unspecified atom stereocenters. The highest BCUT2D eigenvalue weighted by molar-refractivity contribution is 9.10. The van der Waals surface area contributed by atoms with Gasteiger partial charge in [0.1, 0.15) is 11.7 Å². The van der Waals surface area contributed by atoms with Crippen molar-refractivity contribution in [2.45, 2.75) is 6.92 Å². The molecule has 1 rings (SSSR count). The van der Waals surface area contributed by atoms with Crippen LogP contribution in [0, 0.1) is 11.7 Å². The summed E-state index contributed by atoms with van der Waals surface area (Å²) in [6, 6.07) is 4.51. The van der Waals surface area contributed by atoms with Crippen molar-refractivity contribution in [3.05, 3.63) is 34.1 Å². The van der Waals surface area contributed by atoms with Crippen molar-refractivity contribution in [1.82, 2.24) is 4.90 Å². The Hall–Kier alpha value is -1.63. The van der Waals surface area contributed by atoms with Crippen LogP contribution < -0.4 is 5.73 Å². The molecule has 0 saturated heterocycles. The number of halogens is 2.